The number of hydrogen-bond donors (Lipinski definition) is 7. The van der Waals surface area contributed by atoms with Gasteiger partial charge < -0.3 is 36.6 Å². The highest BCUT2D eigenvalue weighted by Crippen LogP contribution is 2.56. The SMILES string of the molecule is CC1c2ccc(CNC(=O)c3ccccc3)c(O)c2C(O)=C2C(=O)C3(O)C(O)=C(C(N)=O)C(=O)C(N(C)C)C3C(O)C21. The molecule has 220 valence electrons. The van der Waals surface area contributed by atoms with Crippen molar-refractivity contribution in [3.05, 3.63) is 81.6 Å². The molecule has 6 atom stereocenters. The Kier molecular flexibility index (Phi) is 6.96. The number of aromatic hydroxyl groups is 1. The van der Waals surface area contributed by atoms with Gasteiger partial charge in [0.15, 0.2) is 11.4 Å². The van der Waals surface area contributed by atoms with E-state index in [1.54, 1.807) is 49.4 Å². The van der Waals surface area contributed by atoms with Crippen LogP contribution in [0.25, 0.3) is 5.76 Å². The van der Waals surface area contributed by atoms with E-state index in [4.69, 9.17) is 5.73 Å². The lowest BCUT2D eigenvalue weighted by atomic mass is 9.54. The van der Waals surface area contributed by atoms with Gasteiger partial charge in [0.05, 0.1) is 23.6 Å². The summed E-state index contributed by atoms with van der Waals surface area (Å²) in [7, 11) is 2.89. The van der Waals surface area contributed by atoms with Crippen molar-refractivity contribution in [2.24, 2.45) is 17.6 Å². The van der Waals surface area contributed by atoms with E-state index < -0.39 is 87.3 Å². The van der Waals surface area contributed by atoms with Gasteiger partial charge in [-0.3, -0.25) is 24.1 Å². The van der Waals surface area contributed by atoms with Gasteiger partial charge in [0.25, 0.3) is 11.8 Å². The molecule has 0 spiro atoms. The molecule has 0 heterocycles. The monoisotopic (exact) mass is 577 g/mol. The molecule has 3 aliphatic rings. The number of phenols is 1. The van der Waals surface area contributed by atoms with Crippen LogP contribution in [-0.2, 0) is 20.9 Å². The maximum atomic E-state index is 14.1. The molecule has 12 nitrogen and oxygen atoms in total. The zero-order valence-electron chi connectivity index (χ0n) is 23.0. The first-order valence-corrected chi connectivity index (χ1v) is 13.3. The second kappa shape index (κ2) is 10.1. The van der Waals surface area contributed by atoms with E-state index in [9.17, 15) is 44.7 Å². The number of hydrogen-bond acceptors (Lipinski definition) is 10. The van der Waals surface area contributed by atoms with E-state index in [1.807, 2.05) is 0 Å². The molecule has 3 aliphatic carbocycles. The number of Topliss-reactive ketones (excluding diaryl/α,β-unsaturated/α-hetero) is 2. The van der Waals surface area contributed by atoms with Crippen LogP contribution in [-0.4, -0.2) is 85.7 Å². The van der Waals surface area contributed by atoms with Crippen molar-refractivity contribution in [1.29, 1.82) is 0 Å². The Morgan fingerprint density at radius 1 is 1.05 bits per heavy atom. The Bertz CT molecular complexity index is 1600. The van der Waals surface area contributed by atoms with Gasteiger partial charge in [0.1, 0.15) is 22.8 Å². The number of likely N-dealkylation sites (N-methyl/N-ethyl adjacent to an activating group) is 1. The summed E-state index contributed by atoms with van der Waals surface area (Å²) in [6.45, 7) is 1.51. The summed E-state index contributed by atoms with van der Waals surface area (Å²) in [6, 6.07) is 10.1. The number of fused-ring (bicyclic) bond motifs is 3. The summed E-state index contributed by atoms with van der Waals surface area (Å²) in [5.41, 5.74) is 1.73. The molecule has 5 rings (SSSR count). The minimum Gasteiger partial charge on any atom is -0.508 e. The second-order valence-corrected chi connectivity index (χ2v) is 11.1. The maximum Gasteiger partial charge on any atom is 0.255 e. The van der Waals surface area contributed by atoms with E-state index in [2.05, 4.69) is 5.32 Å². The molecule has 0 saturated heterocycles. The number of nitrogens with one attached hydrogen (secondary N) is 1. The van der Waals surface area contributed by atoms with Gasteiger partial charge in [-0.25, -0.2) is 0 Å². The molecule has 42 heavy (non-hydrogen) atoms. The molecule has 0 bridgehead atoms. The molecule has 2 aromatic rings. The fourth-order valence-electron chi connectivity index (χ4n) is 6.67. The van der Waals surface area contributed by atoms with E-state index in [1.165, 1.54) is 19.0 Å². The molecular formula is C30H31N3O9. The van der Waals surface area contributed by atoms with Crippen molar-refractivity contribution >= 4 is 29.1 Å². The minimum atomic E-state index is -2.99. The van der Waals surface area contributed by atoms with E-state index >= 15 is 0 Å². The van der Waals surface area contributed by atoms with Crippen molar-refractivity contribution in [3.63, 3.8) is 0 Å². The number of aliphatic hydroxyl groups is 4. The van der Waals surface area contributed by atoms with E-state index in [-0.39, 0.29) is 17.7 Å². The van der Waals surface area contributed by atoms with Crippen LogP contribution in [0.1, 0.15) is 39.9 Å². The van der Waals surface area contributed by atoms with Crippen molar-refractivity contribution in [2.45, 2.75) is 37.1 Å². The fourth-order valence-corrected chi connectivity index (χ4v) is 6.67. The minimum absolute atomic E-state index is 0.131. The number of primary amides is 1. The van der Waals surface area contributed by atoms with Gasteiger partial charge >= 0.3 is 0 Å². The first kappa shape index (κ1) is 29.0. The Labute approximate surface area is 240 Å². The van der Waals surface area contributed by atoms with Crippen molar-refractivity contribution < 1.29 is 44.7 Å². The third kappa shape index (κ3) is 3.94. The Morgan fingerprint density at radius 2 is 1.69 bits per heavy atom. The highest BCUT2D eigenvalue weighted by atomic mass is 16.4. The number of benzene rings is 2. The molecule has 0 aliphatic heterocycles. The van der Waals surface area contributed by atoms with Crippen LogP contribution < -0.4 is 11.1 Å². The number of carbonyl (C=O) groups excluding carboxylic acids is 4. The third-order valence-electron chi connectivity index (χ3n) is 8.69. The number of amides is 2. The molecule has 2 amide bonds. The lowest BCUT2D eigenvalue weighted by Gasteiger charge is -2.53. The Hall–Kier alpha value is -4.52. The quantitative estimate of drug-likeness (QED) is 0.244. The average Bonchev–Trinajstić information content (AvgIpc) is 2.94. The lowest BCUT2D eigenvalue weighted by molar-refractivity contribution is -0.169. The average molecular weight is 578 g/mol. The highest BCUT2D eigenvalue weighted by Gasteiger charge is 2.68. The van der Waals surface area contributed by atoms with Crippen LogP contribution in [0, 0.1) is 11.8 Å². The smallest absolute Gasteiger partial charge is 0.255 e. The van der Waals surface area contributed by atoms with Crippen LogP contribution >= 0.6 is 0 Å². The summed E-state index contributed by atoms with van der Waals surface area (Å²) in [4.78, 5) is 53.3. The van der Waals surface area contributed by atoms with E-state index in [0.717, 1.165) is 0 Å². The lowest BCUT2D eigenvalue weighted by Crippen LogP contribution is -2.70. The topological polar surface area (TPSA) is 211 Å². The first-order chi connectivity index (χ1) is 19.7. The largest absolute Gasteiger partial charge is 0.508 e. The molecule has 1 saturated carbocycles. The predicted octanol–water partition coefficient (Wildman–Crippen LogP) is 0.426. The fraction of sp³-hybridized carbons (Fsp3) is 0.333. The van der Waals surface area contributed by atoms with Gasteiger partial charge in [-0.2, -0.15) is 0 Å². The predicted molar refractivity (Wildman–Crippen MR) is 148 cm³/mol. The molecule has 6 unspecified atom stereocenters. The maximum absolute atomic E-state index is 14.1. The number of rotatable bonds is 5. The van der Waals surface area contributed by atoms with Crippen LogP contribution in [0.15, 0.2) is 59.4 Å². The van der Waals surface area contributed by atoms with Crippen LogP contribution in [0.3, 0.4) is 0 Å². The standard InChI is InChI=1S/C30H31N3O9/c1-12-15-10-9-14(11-32-29(41)13-7-5-4-6-8-13)22(34)17(15)23(35)18-16(12)24(36)20-21(33(2)3)25(37)19(28(31)40)27(39)30(20,42)26(18)38/h4-10,12,16,20-21,24,34-36,39,42H,11H2,1-3H3,(H2,31,40)(H,32,41). The van der Waals surface area contributed by atoms with Crippen molar-refractivity contribution in [1.82, 2.24) is 10.2 Å². The van der Waals surface area contributed by atoms with Crippen LogP contribution in [0.4, 0.5) is 0 Å². The van der Waals surface area contributed by atoms with Gasteiger partial charge in [-0.1, -0.05) is 37.3 Å². The third-order valence-corrected chi connectivity index (χ3v) is 8.69. The molecular weight excluding hydrogens is 546 g/mol. The van der Waals surface area contributed by atoms with Gasteiger partial charge in [-0.15, -0.1) is 0 Å². The summed E-state index contributed by atoms with van der Waals surface area (Å²) >= 11 is 0. The van der Waals surface area contributed by atoms with Gasteiger partial charge in [-0.05, 0) is 37.7 Å². The zero-order valence-corrected chi connectivity index (χ0v) is 23.0. The van der Waals surface area contributed by atoms with Crippen LogP contribution in [0.5, 0.6) is 5.75 Å². The van der Waals surface area contributed by atoms with Crippen molar-refractivity contribution in [2.75, 3.05) is 14.1 Å². The Morgan fingerprint density at radius 3 is 2.29 bits per heavy atom. The number of aliphatic hydroxyl groups excluding tert-OH is 3. The van der Waals surface area contributed by atoms with Crippen LogP contribution in [0.2, 0.25) is 0 Å². The number of phenolic OH excluding ortho intramolecular Hbond substituents is 1. The second-order valence-electron chi connectivity index (χ2n) is 11.1. The normalized spacial score (nSPS) is 28.8. The molecule has 0 radical (unpaired) electrons. The summed E-state index contributed by atoms with van der Waals surface area (Å²) in [6.07, 6.45) is -1.67. The number of ketones is 2. The summed E-state index contributed by atoms with van der Waals surface area (Å²) in [5, 5.41) is 59.7. The van der Waals surface area contributed by atoms with E-state index in [0.29, 0.717) is 11.1 Å². The number of nitrogens with zero attached hydrogens (tertiary/aromatic N) is 1. The molecule has 2 aromatic carbocycles. The molecule has 1 fully saturated rings. The van der Waals surface area contributed by atoms with Gasteiger partial charge in [0, 0.05) is 29.2 Å². The van der Waals surface area contributed by atoms with Gasteiger partial charge in [0.2, 0.25) is 5.78 Å². The molecule has 0 aromatic heterocycles. The zero-order chi connectivity index (χ0) is 30.8. The molecule has 8 N–H and O–H groups in total. The molecule has 12 heteroatoms. The number of nitrogens with two attached hydrogens (primary N) is 1. The summed E-state index contributed by atoms with van der Waals surface area (Å²) < 4.78 is 0. The highest BCUT2D eigenvalue weighted by molar-refractivity contribution is 6.24. The number of carbonyl (C=O) groups is 4. The van der Waals surface area contributed by atoms with Crippen molar-refractivity contribution in [3.8, 4) is 5.75 Å². The first-order valence-electron chi connectivity index (χ1n) is 13.3. The summed E-state index contributed by atoms with van der Waals surface area (Å²) in [5.74, 6) is -9.97. The Balaban J connectivity index is 1.63.